The second kappa shape index (κ2) is 8.13. The number of hydrogen-bond acceptors (Lipinski definition) is 6. The molecule has 2 aromatic carbocycles. The van der Waals surface area contributed by atoms with Crippen molar-refractivity contribution in [3.05, 3.63) is 58.6 Å². The lowest BCUT2D eigenvalue weighted by molar-refractivity contribution is -0.384. The van der Waals surface area contributed by atoms with Crippen molar-refractivity contribution in [3.8, 4) is 0 Å². The summed E-state index contributed by atoms with van der Waals surface area (Å²) in [5.74, 6) is 0.568. The van der Waals surface area contributed by atoms with Gasteiger partial charge in [0.2, 0.25) is 15.7 Å². The average Bonchev–Trinajstić information content (AvgIpc) is 2.60. The van der Waals surface area contributed by atoms with E-state index in [4.69, 9.17) is 0 Å². The Labute approximate surface area is 149 Å². The molecule has 0 unspecified atom stereocenters. The van der Waals surface area contributed by atoms with Crippen molar-refractivity contribution >= 4 is 38.9 Å². The van der Waals surface area contributed by atoms with Crippen LogP contribution in [-0.4, -0.2) is 31.3 Å². The molecular formula is C16H16N2O5S2. The van der Waals surface area contributed by atoms with E-state index < -0.39 is 14.8 Å². The Kier molecular flexibility index (Phi) is 6.16. The van der Waals surface area contributed by atoms with Crippen LogP contribution in [0, 0.1) is 10.1 Å². The van der Waals surface area contributed by atoms with Crippen LogP contribution >= 0.6 is 11.8 Å². The minimum Gasteiger partial charge on any atom is -0.326 e. The van der Waals surface area contributed by atoms with E-state index in [1.807, 2.05) is 6.26 Å². The molecule has 1 amide bonds. The van der Waals surface area contributed by atoms with Crippen LogP contribution in [0.3, 0.4) is 0 Å². The van der Waals surface area contributed by atoms with Gasteiger partial charge in [0.05, 0.1) is 14.7 Å². The number of nitro benzene ring substituents is 1. The van der Waals surface area contributed by atoms with Crippen LogP contribution in [0.5, 0.6) is 0 Å². The molecule has 2 rings (SSSR count). The van der Waals surface area contributed by atoms with Gasteiger partial charge in [0.15, 0.2) is 0 Å². The predicted molar refractivity (Wildman–Crippen MR) is 96.6 cm³/mol. The molecule has 0 atom stereocenters. The lowest BCUT2D eigenvalue weighted by Gasteiger charge is -2.07. The van der Waals surface area contributed by atoms with Gasteiger partial charge in [-0.3, -0.25) is 14.9 Å². The van der Waals surface area contributed by atoms with Crippen molar-refractivity contribution in [1.29, 1.82) is 0 Å². The van der Waals surface area contributed by atoms with E-state index in [2.05, 4.69) is 5.32 Å². The topological polar surface area (TPSA) is 106 Å². The number of benzene rings is 2. The summed E-state index contributed by atoms with van der Waals surface area (Å²) < 4.78 is 25.1. The van der Waals surface area contributed by atoms with Gasteiger partial charge in [-0.2, -0.15) is 11.8 Å². The molecule has 132 valence electrons. The van der Waals surface area contributed by atoms with Crippen LogP contribution in [0.2, 0.25) is 0 Å². The number of amides is 1. The van der Waals surface area contributed by atoms with Gasteiger partial charge in [-0.1, -0.05) is 0 Å². The number of non-ortho nitro benzene ring substituents is 1. The summed E-state index contributed by atoms with van der Waals surface area (Å²) in [5.41, 5.74) is 0.330. The zero-order chi connectivity index (χ0) is 18.4. The summed E-state index contributed by atoms with van der Waals surface area (Å²) in [7, 11) is -3.78. The zero-order valence-electron chi connectivity index (χ0n) is 13.3. The minimum absolute atomic E-state index is 0.0325. The first-order valence-corrected chi connectivity index (χ1v) is 10.1. The quantitative estimate of drug-likeness (QED) is 0.584. The first kappa shape index (κ1) is 18.9. The van der Waals surface area contributed by atoms with Crippen molar-refractivity contribution < 1.29 is 18.1 Å². The third-order valence-corrected chi connectivity index (χ3v) is 5.74. The van der Waals surface area contributed by atoms with Gasteiger partial charge in [-0.05, 0) is 42.7 Å². The van der Waals surface area contributed by atoms with E-state index >= 15 is 0 Å². The van der Waals surface area contributed by atoms with Gasteiger partial charge < -0.3 is 5.32 Å². The van der Waals surface area contributed by atoms with E-state index in [9.17, 15) is 23.3 Å². The molecule has 7 nitrogen and oxygen atoms in total. The van der Waals surface area contributed by atoms with Gasteiger partial charge >= 0.3 is 0 Å². The number of rotatable bonds is 7. The van der Waals surface area contributed by atoms with Crippen LogP contribution in [0.1, 0.15) is 6.42 Å². The second-order valence-electron chi connectivity index (χ2n) is 5.07. The number of anilines is 1. The highest BCUT2D eigenvalue weighted by Gasteiger charge is 2.19. The molecule has 0 saturated heterocycles. The third-order valence-electron chi connectivity index (χ3n) is 3.34. The van der Waals surface area contributed by atoms with E-state index in [0.717, 1.165) is 12.1 Å². The first-order chi connectivity index (χ1) is 11.8. The molecule has 0 aliphatic carbocycles. The number of thioether (sulfide) groups is 1. The minimum atomic E-state index is -3.78. The third kappa shape index (κ3) is 4.80. The second-order valence-corrected chi connectivity index (χ2v) is 8.01. The molecule has 0 heterocycles. The maximum atomic E-state index is 12.5. The number of carbonyl (C=O) groups excluding carboxylic acids is 1. The maximum Gasteiger partial charge on any atom is 0.269 e. The molecule has 0 radical (unpaired) electrons. The largest absolute Gasteiger partial charge is 0.326 e. The number of nitrogens with one attached hydrogen (secondary N) is 1. The molecule has 25 heavy (non-hydrogen) atoms. The fourth-order valence-corrected chi connectivity index (χ4v) is 3.67. The lowest BCUT2D eigenvalue weighted by atomic mass is 10.3. The average molecular weight is 380 g/mol. The molecule has 0 spiro atoms. The van der Waals surface area contributed by atoms with Crippen molar-refractivity contribution in [2.45, 2.75) is 16.2 Å². The van der Waals surface area contributed by atoms with E-state index in [0.29, 0.717) is 17.9 Å². The summed E-state index contributed by atoms with van der Waals surface area (Å²) in [5, 5.41) is 13.3. The fourth-order valence-electron chi connectivity index (χ4n) is 2.02. The normalized spacial score (nSPS) is 11.1. The number of hydrogen-bond donors (Lipinski definition) is 1. The number of carbonyl (C=O) groups is 1. The van der Waals surface area contributed by atoms with E-state index in [-0.39, 0.29) is 21.4 Å². The van der Waals surface area contributed by atoms with Crippen molar-refractivity contribution in [3.63, 3.8) is 0 Å². The predicted octanol–water partition coefficient (Wildman–Crippen LogP) is 3.12. The van der Waals surface area contributed by atoms with Crippen molar-refractivity contribution in [2.75, 3.05) is 17.3 Å². The Balaban J connectivity index is 2.17. The van der Waals surface area contributed by atoms with Gasteiger partial charge in [0.25, 0.3) is 5.69 Å². The summed E-state index contributed by atoms with van der Waals surface area (Å²) in [6.07, 6.45) is 2.29. The maximum absolute atomic E-state index is 12.5. The monoisotopic (exact) mass is 380 g/mol. The standard InChI is InChI=1S/C16H16N2O5S2/c1-24-11-10-16(19)17-12-2-6-14(7-3-12)25(22,23)15-8-4-13(5-9-15)18(20)21/h2-9H,10-11H2,1H3,(H,17,19). The van der Waals surface area contributed by atoms with Crippen LogP contribution in [-0.2, 0) is 14.6 Å². The van der Waals surface area contributed by atoms with E-state index in [1.54, 1.807) is 11.8 Å². The fraction of sp³-hybridized carbons (Fsp3) is 0.188. The Morgan fingerprint density at radius 3 is 2.08 bits per heavy atom. The lowest BCUT2D eigenvalue weighted by Crippen LogP contribution is -2.12. The smallest absolute Gasteiger partial charge is 0.269 e. The first-order valence-electron chi connectivity index (χ1n) is 7.23. The highest BCUT2D eigenvalue weighted by molar-refractivity contribution is 7.98. The Morgan fingerprint density at radius 1 is 1.08 bits per heavy atom. The summed E-state index contributed by atoms with van der Waals surface area (Å²) in [6, 6.07) is 10.5. The van der Waals surface area contributed by atoms with Crippen LogP contribution in [0.15, 0.2) is 58.3 Å². The van der Waals surface area contributed by atoms with Crippen LogP contribution < -0.4 is 5.32 Å². The highest BCUT2D eigenvalue weighted by Crippen LogP contribution is 2.24. The molecule has 0 fully saturated rings. The molecule has 1 N–H and O–H groups in total. The SMILES string of the molecule is CSCCC(=O)Nc1ccc(S(=O)(=O)c2ccc([N+](=O)[O-])cc2)cc1. The molecule has 9 heteroatoms. The molecular weight excluding hydrogens is 364 g/mol. The molecule has 2 aromatic rings. The van der Waals surface area contributed by atoms with Gasteiger partial charge in [0.1, 0.15) is 0 Å². The summed E-state index contributed by atoms with van der Waals surface area (Å²) in [4.78, 5) is 21.7. The van der Waals surface area contributed by atoms with Crippen molar-refractivity contribution in [2.24, 2.45) is 0 Å². The Morgan fingerprint density at radius 2 is 1.60 bits per heavy atom. The summed E-state index contributed by atoms with van der Waals surface area (Å²) in [6.45, 7) is 0. The zero-order valence-corrected chi connectivity index (χ0v) is 15.0. The van der Waals surface area contributed by atoms with E-state index in [1.165, 1.54) is 36.4 Å². The van der Waals surface area contributed by atoms with Crippen LogP contribution in [0.4, 0.5) is 11.4 Å². The number of sulfone groups is 1. The number of nitrogens with zero attached hydrogens (tertiary/aromatic N) is 1. The van der Waals surface area contributed by atoms with Gasteiger partial charge in [-0.25, -0.2) is 8.42 Å². The molecule has 0 bridgehead atoms. The summed E-state index contributed by atoms with van der Waals surface area (Å²) >= 11 is 1.56. The van der Waals surface area contributed by atoms with Crippen LogP contribution in [0.25, 0.3) is 0 Å². The Bertz CT molecular complexity index is 862. The highest BCUT2D eigenvalue weighted by atomic mass is 32.2. The molecule has 0 aliphatic rings. The van der Waals surface area contributed by atoms with Gasteiger partial charge in [-0.15, -0.1) is 0 Å². The van der Waals surface area contributed by atoms with Gasteiger partial charge in [0, 0.05) is 30.0 Å². The molecule has 0 saturated carbocycles. The molecule has 0 aliphatic heterocycles. The Hall–Kier alpha value is -2.39. The number of nitro groups is 1. The van der Waals surface area contributed by atoms with Crippen molar-refractivity contribution in [1.82, 2.24) is 0 Å². The molecule has 0 aromatic heterocycles.